The topological polar surface area (TPSA) is 0 Å². The molecular weight excluding hydrogens is 1960 g/mol. The molecule has 0 spiro atoms. The van der Waals surface area contributed by atoms with Crippen molar-refractivity contribution in [3.8, 4) is 0 Å². The molecule has 0 nitrogen and oxygen atoms in total. The van der Waals surface area contributed by atoms with Crippen LogP contribution in [0.5, 0.6) is 0 Å². The van der Waals surface area contributed by atoms with Crippen molar-refractivity contribution >= 4 is 81.7 Å². The molecule has 724 valence electrons. The van der Waals surface area contributed by atoms with Gasteiger partial charge in [-0.1, -0.05) is 317 Å². The van der Waals surface area contributed by atoms with E-state index in [0.717, 1.165) is 0 Å². The van der Waals surface area contributed by atoms with E-state index >= 15 is 0 Å². The molecule has 11 aromatic carbocycles. The van der Waals surface area contributed by atoms with Crippen molar-refractivity contribution in [1.82, 2.24) is 0 Å². The monoisotopic (exact) mass is 2160 g/mol. The van der Waals surface area contributed by atoms with Gasteiger partial charge in [-0.2, -0.15) is 0 Å². The smallest absolute Gasteiger partial charge is 0.0901 e. The first-order valence-electron chi connectivity index (χ1n) is 46.6. The molecule has 0 aromatic heterocycles. The summed E-state index contributed by atoms with van der Waals surface area (Å²) in [6.45, 7) is 106. The van der Waals surface area contributed by atoms with Gasteiger partial charge in [-0.25, -0.2) is 0 Å². The fourth-order valence-corrected chi connectivity index (χ4v) is 23.6. The van der Waals surface area contributed by atoms with Crippen molar-refractivity contribution in [3.05, 3.63) is 328 Å². The third-order valence-electron chi connectivity index (χ3n) is 21.5. The lowest BCUT2D eigenvalue weighted by Crippen LogP contribution is -3.62. The summed E-state index contributed by atoms with van der Waals surface area (Å²) in [4.78, 5) is 12.8. The maximum absolute atomic E-state index is 2.36. The lowest BCUT2D eigenvalue weighted by molar-refractivity contribution is -0.600. The Hall–Kier alpha value is -4.99. The molecule has 7 heteroatoms. The molecule has 0 aliphatic carbocycles. The van der Waals surface area contributed by atoms with Crippen LogP contribution in [-0.2, 0) is 32.7 Å². The maximum Gasteiger partial charge on any atom is 0.359 e. The highest BCUT2D eigenvalue weighted by atomic mass is 128. The van der Waals surface area contributed by atoms with Crippen molar-refractivity contribution in [2.24, 2.45) is 0 Å². The zero-order valence-corrected chi connectivity index (χ0v) is 98.8. The molecule has 0 heterocycles. The average Bonchev–Trinajstić information content (AvgIpc) is 0.729. The first-order valence-corrected chi connectivity index (χ1v) is 60.4. The fourth-order valence-electron chi connectivity index (χ4n) is 12.8. The van der Waals surface area contributed by atoms with Crippen molar-refractivity contribution in [2.45, 2.75) is 413 Å². The Balaban J connectivity index is -0.000000143. The van der Waals surface area contributed by atoms with Gasteiger partial charge in [0, 0.05) is 103 Å². The van der Waals surface area contributed by atoms with Crippen LogP contribution in [0.4, 0.5) is 0 Å². The van der Waals surface area contributed by atoms with E-state index < -0.39 is 0 Å². The third kappa shape index (κ3) is 44.0. The molecule has 11 aromatic rings. The maximum atomic E-state index is 2.36. The van der Waals surface area contributed by atoms with E-state index in [1.54, 1.807) is 33.6 Å². The molecule has 0 atom stereocenters. The molecular formula is C121H199I3S4+4. The van der Waals surface area contributed by atoms with Crippen molar-refractivity contribution in [3.63, 3.8) is 0 Å². The minimum absolute atomic E-state index is 0. The third-order valence-corrected chi connectivity index (χ3v) is 33.8. The van der Waals surface area contributed by atoms with Gasteiger partial charge in [-0.05, 0) is 329 Å². The summed E-state index contributed by atoms with van der Waals surface area (Å²) in [5.74, 6) is 0. The van der Waals surface area contributed by atoms with Gasteiger partial charge in [-0.15, -0.1) is 0 Å². The SMILES string of the molecule is C.C.C.C.CC.CC.CC.CC.CC.CC.CC.CC.CC.CC.CC.CC.C[S+](c1ccccc1)c1ccccc1.C[S+](c1ccccc1)c1ccccc1.Cc1c(C)c(C)c([I+]c2c(C)c(C)c(C)c(C)c2C)c(C)c1C.Cc1c(C)c(C)c([S+](c2c(C)c(C)c(C)c(C)c2C)c2c(C)c(C)c(C)c(C)c2C)c(C)c1C.II.c1ccc(Sc2ccccc2)cc1. The van der Waals surface area contributed by atoms with E-state index in [2.05, 4.69) is 393 Å². The van der Waals surface area contributed by atoms with Gasteiger partial charge in [0.15, 0.2) is 34.3 Å². The van der Waals surface area contributed by atoms with E-state index in [1.165, 1.54) is 168 Å². The van der Waals surface area contributed by atoms with E-state index in [4.69, 9.17) is 0 Å². The molecule has 0 amide bonds. The summed E-state index contributed by atoms with van der Waals surface area (Å²) in [6.07, 6.45) is 4.54. The van der Waals surface area contributed by atoms with Crippen LogP contribution in [0.1, 0.15) is 335 Å². The number of hydrogen-bond acceptors (Lipinski definition) is 1. The summed E-state index contributed by atoms with van der Waals surface area (Å²) >= 11 is 5.88. The van der Waals surface area contributed by atoms with E-state index in [0.29, 0.717) is 0 Å². The van der Waals surface area contributed by atoms with Gasteiger partial charge in [0.2, 0.25) is 7.14 Å². The van der Waals surface area contributed by atoms with Gasteiger partial charge in [0.25, 0.3) is 0 Å². The molecule has 0 unspecified atom stereocenters. The minimum atomic E-state index is -0.171. The first kappa shape index (κ1) is 146. The largest absolute Gasteiger partial charge is 0.359 e. The quantitative estimate of drug-likeness (QED) is 0.0919. The van der Waals surface area contributed by atoms with Crippen LogP contribution >= 0.6 is 49.0 Å². The second-order valence-electron chi connectivity index (χ2n) is 26.6. The summed E-state index contributed by atoms with van der Waals surface area (Å²) in [7, 11) is 0.236. The highest BCUT2D eigenvalue weighted by Crippen LogP contribution is 2.47. The molecule has 0 radical (unpaired) electrons. The number of rotatable bonds is 11. The van der Waals surface area contributed by atoms with E-state index in [9.17, 15) is 0 Å². The zero-order valence-electron chi connectivity index (χ0n) is 89.1. The van der Waals surface area contributed by atoms with Crippen LogP contribution in [0, 0.1) is 180 Å². The van der Waals surface area contributed by atoms with Gasteiger partial charge in [-0.3, -0.25) is 0 Å². The Labute approximate surface area is 848 Å². The van der Waals surface area contributed by atoms with Gasteiger partial charge < -0.3 is 0 Å². The van der Waals surface area contributed by atoms with Gasteiger partial charge in [0.05, 0.1) is 21.8 Å². The average molecular weight is 2160 g/mol. The molecule has 0 fully saturated rings. The Morgan fingerprint density at radius 2 is 0.297 bits per heavy atom. The van der Waals surface area contributed by atoms with Crippen molar-refractivity contribution in [2.75, 3.05) is 12.5 Å². The lowest BCUT2D eigenvalue weighted by atomic mass is 9.94. The molecule has 0 bridgehead atoms. The Morgan fingerprint density at radius 1 is 0.180 bits per heavy atom. The van der Waals surface area contributed by atoms with Crippen LogP contribution < -0.4 is 21.2 Å². The number of benzene rings is 11. The Kier molecular flexibility index (Phi) is 98.2. The zero-order chi connectivity index (χ0) is 98.1. The van der Waals surface area contributed by atoms with E-state index in [-0.39, 0.29) is 83.6 Å². The van der Waals surface area contributed by atoms with Crippen LogP contribution in [0.2, 0.25) is 0 Å². The molecule has 0 N–H and O–H groups in total. The Morgan fingerprint density at radius 3 is 0.438 bits per heavy atom. The van der Waals surface area contributed by atoms with Crippen molar-refractivity contribution in [1.29, 1.82) is 0 Å². The highest BCUT2D eigenvalue weighted by Gasteiger charge is 2.41. The van der Waals surface area contributed by atoms with Crippen LogP contribution in [-0.4, -0.2) is 12.5 Å². The molecule has 11 rings (SSSR count). The predicted octanol–water partition coefficient (Wildman–Crippen LogP) is 39.5. The summed E-state index contributed by atoms with van der Waals surface area (Å²) in [6, 6.07) is 63.4. The van der Waals surface area contributed by atoms with E-state index in [1.807, 2.05) is 178 Å². The number of halogens is 3. The molecule has 128 heavy (non-hydrogen) atoms. The second-order valence-corrected chi connectivity index (χ2v) is 36.2. The predicted molar refractivity (Wildman–Crippen MR) is 624 cm³/mol. The van der Waals surface area contributed by atoms with Gasteiger partial charge in [0.1, 0.15) is 23.4 Å². The molecule has 0 saturated heterocycles. The molecule has 0 aliphatic rings. The summed E-state index contributed by atoms with van der Waals surface area (Å²) in [5.41, 5.74) is 36.8. The Bertz CT molecular complexity index is 3970. The normalized spacial score (nSPS) is 9.00. The lowest BCUT2D eigenvalue weighted by Gasteiger charge is -2.25. The van der Waals surface area contributed by atoms with Crippen LogP contribution in [0.25, 0.3) is 0 Å². The molecule has 0 aliphatic heterocycles. The highest BCUT2D eigenvalue weighted by molar-refractivity contribution is 15.0. The second kappa shape index (κ2) is 86.1. The van der Waals surface area contributed by atoms with Crippen LogP contribution in [0.15, 0.2) is 226 Å². The standard InChI is InChI=1S/C33H45S.C22H30I.2C13H13S.C12H10S.12C2H6.4CH4.I2/c1-16-19(4)25(10)31(26(11)20(16)5)34(32-27(12)21(6)17(2)22(7)28(32)13)33-29(14)23(8)18(3)24(9)30(33)15;1-11-13(3)17(7)21(18(8)14(11)4)23-22-19(9)15(5)12(2)16(6)20(22)10;2*1-14(12-8-4-2-5-9-12)13-10-6-3-7-11-13;1-3-7-11(8-4-1)13-12-9-5-2-6-10-12;12*1-2;;;;;1-2/h1-15H3;1-10H3;2*2-11H,1H3;1-10H;12*1-2H3;4*1H4;/q4*+1;;;;;;;;;;;;;;;;;;. The first-order chi connectivity index (χ1) is 59.5. The van der Waals surface area contributed by atoms with Crippen LogP contribution in [0.3, 0.4) is 0 Å². The molecule has 0 saturated carbocycles. The minimum Gasteiger partial charge on any atom is -0.0901 e. The van der Waals surface area contributed by atoms with Crippen molar-refractivity contribution < 1.29 is 21.2 Å². The fraction of sp³-hybridized carbons (Fsp3) is 0.455. The summed E-state index contributed by atoms with van der Waals surface area (Å²) in [5, 5.41) is 0. The number of hydrogen-bond donors (Lipinski definition) is 0. The van der Waals surface area contributed by atoms with Gasteiger partial charge >= 0.3 is 21.2 Å². The summed E-state index contributed by atoms with van der Waals surface area (Å²) < 4.78 is 3.27.